The second-order valence-corrected chi connectivity index (χ2v) is 8.02. The van der Waals surface area contributed by atoms with Crippen molar-refractivity contribution in [3.8, 4) is 0 Å². The molecular formula is C21H25ClN4O7. The van der Waals surface area contributed by atoms with Crippen molar-refractivity contribution in [1.82, 2.24) is 15.5 Å². The summed E-state index contributed by atoms with van der Waals surface area (Å²) in [5.41, 5.74) is 0.513. The van der Waals surface area contributed by atoms with Gasteiger partial charge in [0.05, 0.1) is 23.2 Å². The SMILES string of the molecule is CC(=O)Nc1ccc(C(=O)NC(C)C(=O)N2CCCC2C(=O)NC(C=O)CC(=O)O)cc1Cl. The van der Waals surface area contributed by atoms with Gasteiger partial charge in [-0.2, -0.15) is 0 Å². The number of likely N-dealkylation sites (tertiary alicyclic amines) is 1. The molecule has 0 bridgehead atoms. The highest BCUT2D eigenvalue weighted by Gasteiger charge is 2.37. The molecule has 1 aromatic carbocycles. The van der Waals surface area contributed by atoms with Crippen molar-refractivity contribution < 1.29 is 33.9 Å². The number of hydrogen-bond acceptors (Lipinski definition) is 6. The van der Waals surface area contributed by atoms with Gasteiger partial charge in [-0.05, 0) is 38.0 Å². The second kappa shape index (κ2) is 11.4. The van der Waals surface area contributed by atoms with Gasteiger partial charge in [0.1, 0.15) is 18.4 Å². The first-order valence-electron chi connectivity index (χ1n) is 10.2. The molecule has 11 nitrogen and oxygen atoms in total. The molecule has 1 aliphatic rings. The zero-order valence-electron chi connectivity index (χ0n) is 18.1. The van der Waals surface area contributed by atoms with E-state index >= 15 is 0 Å². The molecule has 0 aliphatic carbocycles. The van der Waals surface area contributed by atoms with Gasteiger partial charge in [0.2, 0.25) is 17.7 Å². The van der Waals surface area contributed by atoms with Crippen molar-refractivity contribution in [2.75, 3.05) is 11.9 Å². The van der Waals surface area contributed by atoms with Crippen LogP contribution in [0.15, 0.2) is 18.2 Å². The standard InChI is InChI=1S/C21H25ClN4O7/c1-11(23-19(31)13-5-6-16(15(22)8-13)24-12(2)28)21(33)26-7-3-4-17(26)20(32)25-14(10-27)9-18(29)30/h5-6,8,10-11,14,17H,3-4,7,9H2,1-2H3,(H,23,31)(H,24,28)(H,25,32)(H,29,30). The fraction of sp³-hybridized carbons (Fsp3) is 0.429. The number of aliphatic carboxylic acids is 1. The van der Waals surface area contributed by atoms with Gasteiger partial charge in [-0.3, -0.25) is 24.0 Å². The summed E-state index contributed by atoms with van der Waals surface area (Å²) >= 11 is 6.08. The molecule has 0 aromatic heterocycles. The third-order valence-electron chi connectivity index (χ3n) is 4.98. The summed E-state index contributed by atoms with van der Waals surface area (Å²) in [5, 5.41) is 16.4. The Kier molecular flexibility index (Phi) is 8.92. The highest BCUT2D eigenvalue weighted by atomic mass is 35.5. The smallest absolute Gasteiger partial charge is 0.305 e. The van der Waals surface area contributed by atoms with E-state index in [2.05, 4.69) is 16.0 Å². The van der Waals surface area contributed by atoms with E-state index in [4.69, 9.17) is 16.7 Å². The van der Waals surface area contributed by atoms with Crippen molar-refractivity contribution in [3.63, 3.8) is 0 Å². The molecule has 33 heavy (non-hydrogen) atoms. The van der Waals surface area contributed by atoms with Crippen LogP contribution in [0.5, 0.6) is 0 Å². The van der Waals surface area contributed by atoms with E-state index in [1.165, 1.54) is 36.9 Å². The van der Waals surface area contributed by atoms with E-state index in [-0.39, 0.29) is 23.0 Å². The average molecular weight is 481 g/mol. The van der Waals surface area contributed by atoms with Crippen LogP contribution in [0.3, 0.4) is 0 Å². The largest absolute Gasteiger partial charge is 0.481 e. The molecule has 178 valence electrons. The Balaban J connectivity index is 2.03. The molecule has 1 heterocycles. The summed E-state index contributed by atoms with van der Waals surface area (Å²) < 4.78 is 0. The van der Waals surface area contributed by atoms with Crippen molar-refractivity contribution >= 4 is 53.2 Å². The first kappa shape index (κ1) is 25.8. The molecule has 12 heteroatoms. The quantitative estimate of drug-likeness (QED) is 0.375. The number of rotatable bonds is 9. The average Bonchev–Trinajstić information content (AvgIpc) is 3.23. The van der Waals surface area contributed by atoms with Gasteiger partial charge in [0.15, 0.2) is 0 Å². The molecule has 0 radical (unpaired) electrons. The maximum Gasteiger partial charge on any atom is 0.305 e. The minimum absolute atomic E-state index is 0.152. The topological polar surface area (TPSA) is 162 Å². The zero-order valence-corrected chi connectivity index (χ0v) is 18.8. The van der Waals surface area contributed by atoms with Crippen LogP contribution in [0, 0.1) is 0 Å². The number of carboxylic acid groups (broad SMARTS) is 1. The van der Waals surface area contributed by atoms with Crippen LogP contribution < -0.4 is 16.0 Å². The zero-order chi connectivity index (χ0) is 24.7. The van der Waals surface area contributed by atoms with Gasteiger partial charge in [0.25, 0.3) is 5.91 Å². The monoisotopic (exact) mass is 480 g/mol. The minimum atomic E-state index is -1.24. The Bertz CT molecular complexity index is 968. The lowest BCUT2D eigenvalue weighted by Crippen LogP contribution is -2.54. The lowest BCUT2D eigenvalue weighted by atomic mass is 10.1. The van der Waals surface area contributed by atoms with Crippen molar-refractivity contribution in [2.45, 2.75) is 51.2 Å². The predicted octanol–water partition coefficient (Wildman–Crippen LogP) is 0.566. The molecule has 0 saturated carbocycles. The fourth-order valence-corrected chi connectivity index (χ4v) is 3.67. The molecule has 4 amide bonds. The van der Waals surface area contributed by atoms with E-state index < -0.39 is 48.2 Å². The Labute approximate surface area is 194 Å². The number of carbonyl (C=O) groups is 6. The number of carboxylic acids is 1. The van der Waals surface area contributed by atoms with Crippen molar-refractivity contribution in [1.29, 1.82) is 0 Å². The van der Waals surface area contributed by atoms with Crippen LogP contribution in [0.1, 0.15) is 43.5 Å². The molecule has 1 saturated heterocycles. The van der Waals surface area contributed by atoms with Crippen LogP contribution in [0.4, 0.5) is 5.69 Å². The predicted molar refractivity (Wildman–Crippen MR) is 118 cm³/mol. The molecule has 2 rings (SSSR count). The van der Waals surface area contributed by atoms with Gasteiger partial charge in [-0.1, -0.05) is 11.6 Å². The Hall–Kier alpha value is -3.47. The second-order valence-electron chi connectivity index (χ2n) is 7.61. The summed E-state index contributed by atoms with van der Waals surface area (Å²) in [7, 11) is 0. The fourth-order valence-electron chi connectivity index (χ4n) is 3.44. The number of amides is 4. The lowest BCUT2D eigenvalue weighted by molar-refractivity contribution is -0.141. The summed E-state index contributed by atoms with van der Waals surface area (Å²) in [6.45, 7) is 3.07. The third kappa shape index (κ3) is 7.01. The van der Waals surface area contributed by atoms with Crippen molar-refractivity contribution in [2.24, 2.45) is 0 Å². The van der Waals surface area contributed by atoms with Crippen LogP contribution in [-0.2, 0) is 24.0 Å². The summed E-state index contributed by atoms with van der Waals surface area (Å²) in [4.78, 5) is 72.3. The molecule has 0 spiro atoms. The van der Waals surface area contributed by atoms with E-state index in [0.717, 1.165) is 0 Å². The minimum Gasteiger partial charge on any atom is -0.481 e. The van der Waals surface area contributed by atoms with Crippen LogP contribution in [-0.4, -0.2) is 70.6 Å². The Morgan fingerprint density at radius 2 is 1.94 bits per heavy atom. The number of nitrogens with zero attached hydrogens (tertiary/aromatic N) is 1. The maximum atomic E-state index is 12.9. The number of hydrogen-bond donors (Lipinski definition) is 4. The Morgan fingerprint density at radius 3 is 2.52 bits per heavy atom. The van der Waals surface area contributed by atoms with Crippen LogP contribution >= 0.6 is 11.6 Å². The molecule has 3 atom stereocenters. The van der Waals surface area contributed by atoms with E-state index in [1.54, 1.807) is 0 Å². The van der Waals surface area contributed by atoms with E-state index in [0.29, 0.717) is 24.8 Å². The number of aldehydes is 1. The number of anilines is 1. The lowest BCUT2D eigenvalue weighted by Gasteiger charge is -2.27. The van der Waals surface area contributed by atoms with Gasteiger partial charge in [-0.25, -0.2) is 0 Å². The van der Waals surface area contributed by atoms with E-state index in [9.17, 15) is 28.8 Å². The summed E-state index contributed by atoms with van der Waals surface area (Å²) in [6.07, 6.45) is 0.649. The molecule has 4 N–H and O–H groups in total. The first-order valence-corrected chi connectivity index (χ1v) is 10.6. The Morgan fingerprint density at radius 1 is 1.24 bits per heavy atom. The number of halogens is 1. The molecule has 3 unspecified atom stereocenters. The van der Waals surface area contributed by atoms with Crippen LogP contribution in [0.2, 0.25) is 5.02 Å². The molecule has 1 aliphatic heterocycles. The first-order chi connectivity index (χ1) is 15.5. The molecular weight excluding hydrogens is 456 g/mol. The van der Waals surface area contributed by atoms with E-state index in [1.807, 2.05) is 0 Å². The number of nitrogens with one attached hydrogen (secondary N) is 3. The number of benzene rings is 1. The van der Waals surface area contributed by atoms with Crippen molar-refractivity contribution in [3.05, 3.63) is 28.8 Å². The summed E-state index contributed by atoms with van der Waals surface area (Å²) in [6, 6.07) is 1.22. The highest BCUT2D eigenvalue weighted by Crippen LogP contribution is 2.23. The van der Waals surface area contributed by atoms with Gasteiger partial charge in [0, 0.05) is 19.0 Å². The summed E-state index contributed by atoms with van der Waals surface area (Å²) in [5.74, 6) is -3.26. The molecule has 1 aromatic rings. The normalized spacial score (nSPS) is 16.9. The molecule has 1 fully saturated rings. The maximum absolute atomic E-state index is 12.9. The number of carbonyl (C=O) groups excluding carboxylic acids is 5. The van der Waals surface area contributed by atoms with Gasteiger partial charge >= 0.3 is 5.97 Å². The highest BCUT2D eigenvalue weighted by molar-refractivity contribution is 6.34. The van der Waals surface area contributed by atoms with Crippen LogP contribution in [0.25, 0.3) is 0 Å². The van der Waals surface area contributed by atoms with Gasteiger partial charge in [-0.15, -0.1) is 0 Å². The third-order valence-corrected chi connectivity index (χ3v) is 5.30. The van der Waals surface area contributed by atoms with Gasteiger partial charge < -0.3 is 30.8 Å².